The average molecular weight is 292 g/mol. The highest BCUT2D eigenvalue weighted by Crippen LogP contribution is 2.32. The number of hydrogen-bond donors (Lipinski definition) is 0. The van der Waals surface area contributed by atoms with E-state index in [4.69, 9.17) is 9.47 Å². The zero-order valence-corrected chi connectivity index (χ0v) is 12.7. The highest BCUT2D eigenvalue weighted by Gasteiger charge is 2.25. The second-order valence-corrected chi connectivity index (χ2v) is 6.62. The molecule has 0 N–H and O–H groups in total. The summed E-state index contributed by atoms with van der Waals surface area (Å²) in [6, 6.07) is 6.27. The Morgan fingerprint density at radius 2 is 1.67 bits per heavy atom. The summed E-state index contributed by atoms with van der Waals surface area (Å²) >= 11 is 0. The Hall–Kier alpha value is -1.26. The second-order valence-electron chi connectivity index (χ2n) is 6.62. The van der Waals surface area contributed by atoms with Gasteiger partial charge in [-0.1, -0.05) is 13.5 Å². The molecule has 0 amide bonds. The second kappa shape index (κ2) is 6.24. The van der Waals surface area contributed by atoms with Crippen molar-refractivity contribution in [2.45, 2.75) is 40.3 Å². The molecule has 21 heavy (non-hydrogen) atoms. The van der Waals surface area contributed by atoms with E-state index >= 15 is 0 Å². The number of benzene rings is 1. The molecule has 4 heteroatoms. The number of hydrogen-bond acceptors (Lipinski definition) is 4. The molecule has 3 rings (SSSR count). The summed E-state index contributed by atoms with van der Waals surface area (Å²) in [5, 5.41) is 0. The Kier molecular flexibility index (Phi) is 4.79. The van der Waals surface area contributed by atoms with Crippen LogP contribution >= 0.6 is 0 Å². The first kappa shape index (κ1) is 16.1. The maximum atomic E-state index is 5.44. The van der Waals surface area contributed by atoms with Crippen molar-refractivity contribution < 1.29 is 9.47 Å². The molecule has 0 saturated carbocycles. The van der Waals surface area contributed by atoms with Crippen LogP contribution in [0.3, 0.4) is 0 Å². The molecular formula is C17H28N2O2. The Balaban J connectivity index is 0.00000161. The van der Waals surface area contributed by atoms with Gasteiger partial charge in [0.05, 0.1) is 0 Å². The molecule has 1 saturated heterocycles. The number of fused-ring (bicyclic) bond motifs is 1. The number of piperazine rings is 1. The lowest BCUT2D eigenvalue weighted by atomic mass is 10.0. The standard InChI is InChI=1S/C16H24N2O2.CH4/c1-16(2,3)18-8-6-17(7-9-18)11-13-4-5-14-15(10-13)20-12-19-14;/h4-5,10H,6-9,11-12H2,1-3H3;1H4. The molecule has 0 radical (unpaired) electrons. The van der Waals surface area contributed by atoms with Crippen molar-refractivity contribution in [3.05, 3.63) is 23.8 Å². The SMILES string of the molecule is C.CC(C)(C)N1CCN(Cc2ccc3c(c2)OCO3)CC1. The van der Waals surface area contributed by atoms with Gasteiger partial charge in [-0.05, 0) is 38.5 Å². The summed E-state index contributed by atoms with van der Waals surface area (Å²) in [4.78, 5) is 5.07. The minimum atomic E-state index is 0. The molecule has 0 aromatic heterocycles. The molecule has 1 aromatic rings. The molecule has 118 valence electrons. The minimum Gasteiger partial charge on any atom is -0.454 e. The predicted molar refractivity (Wildman–Crippen MR) is 85.9 cm³/mol. The van der Waals surface area contributed by atoms with Gasteiger partial charge in [-0.25, -0.2) is 0 Å². The van der Waals surface area contributed by atoms with Crippen LogP contribution < -0.4 is 9.47 Å². The minimum absolute atomic E-state index is 0. The third-order valence-electron chi connectivity index (χ3n) is 4.16. The summed E-state index contributed by atoms with van der Waals surface area (Å²) in [6.07, 6.45) is 0. The van der Waals surface area contributed by atoms with Crippen LogP contribution in [0.15, 0.2) is 18.2 Å². The van der Waals surface area contributed by atoms with Crippen LogP contribution in [-0.4, -0.2) is 48.3 Å². The van der Waals surface area contributed by atoms with Crippen LogP contribution in [0.2, 0.25) is 0 Å². The van der Waals surface area contributed by atoms with Crippen molar-refractivity contribution in [3.8, 4) is 11.5 Å². The first-order chi connectivity index (χ1) is 9.52. The van der Waals surface area contributed by atoms with Gasteiger partial charge in [-0.2, -0.15) is 0 Å². The lowest BCUT2D eigenvalue weighted by Gasteiger charge is -2.42. The van der Waals surface area contributed by atoms with Gasteiger partial charge in [0.25, 0.3) is 0 Å². The van der Waals surface area contributed by atoms with Gasteiger partial charge in [0.15, 0.2) is 11.5 Å². The quantitative estimate of drug-likeness (QED) is 0.836. The van der Waals surface area contributed by atoms with Crippen molar-refractivity contribution in [1.29, 1.82) is 0 Å². The van der Waals surface area contributed by atoms with Gasteiger partial charge < -0.3 is 9.47 Å². The summed E-state index contributed by atoms with van der Waals surface area (Å²) in [6.45, 7) is 12.8. The fraction of sp³-hybridized carbons (Fsp3) is 0.647. The topological polar surface area (TPSA) is 24.9 Å². The van der Waals surface area contributed by atoms with Crippen molar-refractivity contribution in [2.24, 2.45) is 0 Å². The van der Waals surface area contributed by atoms with Gasteiger partial charge >= 0.3 is 0 Å². The highest BCUT2D eigenvalue weighted by molar-refractivity contribution is 5.44. The van der Waals surface area contributed by atoms with Crippen LogP contribution in [0.4, 0.5) is 0 Å². The zero-order chi connectivity index (χ0) is 14.2. The summed E-state index contributed by atoms with van der Waals surface area (Å²) in [5.74, 6) is 1.75. The van der Waals surface area contributed by atoms with E-state index in [1.165, 1.54) is 5.56 Å². The van der Waals surface area contributed by atoms with Crippen molar-refractivity contribution >= 4 is 0 Å². The molecule has 4 nitrogen and oxygen atoms in total. The van der Waals surface area contributed by atoms with E-state index in [1.807, 2.05) is 6.07 Å². The largest absolute Gasteiger partial charge is 0.454 e. The van der Waals surface area contributed by atoms with E-state index in [-0.39, 0.29) is 13.0 Å². The van der Waals surface area contributed by atoms with E-state index < -0.39 is 0 Å². The van der Waals surface area contributed by atoms with Crippen molar-refractivity contribution in [2.75, 3.05) is 33.0 Å². The van der Waals surface area contributed by atoms with Crippen LogP contribution in [0.5, 0.6) is 11.5 Å². The van der Waals surface area contributed by atoms with E-state index in [0.717, 1.165) is 44.2 Å². The fourth-order valence-corrected chi connectivity index (χ4v) is 2.87. The summed E-state index contributed by atoms with van der Waals surface area (Å²) in [7, 11) is 0. The predicted octanol–water partition coefficient (Wildman–Crippen LogP) is 2.97. The molecular weight excluding hydrogens is 264 g/mol. The molecule has 2 heterocycles. The van der Waals surface area contributed by atoms with Crippen LogP contribution in [-0.2, 0) is 6.54 Å². The third-order valence-corrected chi connectivity index (χ3v) is 4.16. The first-order valence-electron chi connectivity index (χ1n) is 7.38. The van der Waals surface area contributed by atoms with E-state index in [9.17, 15) is 0 Å². The Morgan fingerprint density at radius 1 is 1.00 bits per heavy atom. The van der Waals surface area contributed by atoms with Gasteiger partial charge in [-0.15, -0.1) is 0 Å². The average Bonchev–Trinajstić information content (AvgIpc) is 2.86. The molecule has 0 aliphatic carbocycles. The molecule has 2 aliphatic rings. The molecule has 1 aromatic carbocycles. The Labute approximate surface area is 128 Å². The number of ether oxygens (including phenoxy) is 2. The fourth-order valence-electron chi connectivity index (χ4n) is 2.87. The van der Waals surface area contributed by atoms with Gasteiger partial charge in [0.2, 0.25) is 6.79 Å². The summed E-state index contributed by atoms with van der Waals surface area (Å²) in [5.41, 5.74) is 1.59. The van der Waals surface area contributed by atoms with Gasteiger partial charge in [-0.3, -0.25) is 9.80 Å². The molecule has 0 bridgehead atoms. The molecule has 0 atom stereocenters. The van der Waals surface area contributed by atoms with Gasteiger partial charge in [0.1, 0.15) is 0 Å². The normalized spacial score (nSPS) is 19.4. The molecule has 1 fully saturated rings. The Morgan fingerprint density at radius 3 is 2.33 bits per heavy atom. The van der Waals surface area contributed by atoms with Crippen LogP contribution in [0, 0.1) is 0 Å². The number of nitrogens with zero attached hydrogens (tertiary/aromatic N) is 2. The maximum Gasteiger partial charge on any atom is 0.231 e. The maximum absolute atomic E-state index is 5.44. The number of rotatable bonds is 2. The zero-order valence-electron chi connectivity index (χ0n) is 12.7. The van der Waals surface area contributed by atoms with E-state index in [1.54, 1.807) is 0 Å². The highest BCUT2D eigenvalue weighted by atomic mass is 16.7. The lowest BCUT2D eigenvalue weighted by Crippen LogP contribution is -2.53. The van der Waals surface area contributed by atoms with Crippen LogP contribution in [0.1, 0.15) is 33.8 Å². The van der Waals surface area contributed by atoms with E-state index in [2.05, 4.69) is 42.7 Å². The monoisotopic (exact) mass is 292 g/mol. The summed E-state index contributed by atoms with van der Waals surface area (Å²) < 4.78 is 10.8. The molecule has 0 spiro atoms. The Bertz CT molecular complexity index is 474. The van der Waals surface area contributed by atoms with Crippen LogP contribution in [0.25, 0.3) is 0 Å². The van der Waals surface area contributed by atoms with Crippen molar-refractivity contribution in [1.82, 2.24) is 9.80 Å². The first-order valence-corrected chi connectivity index (χ1v) is 7.38. The van der Waals surface area contributed by atoms with Crippen molar-refractivity contribution in [3.63, 3.8) is 0 Å². The van der Waals surface area contributed by atoms with Gasteiger partial charge in [0, 0.05) is 38.3 Å². The lowest BCUT2D eigenvalue weighted by molar-refractivity contribution is 0.0591. The molecule has 2 aliphatic heterocycles. The van der Waals surface area contributed by atoms with E-state index in [0.29, 0.717) is 6.79 Å². The molecule has 0 unspecified atom stereocenters. The third kappa shape index (κ3) is 3.69. The smallest absolute Gasteiger partial charge is 0.231 e.